The molecular weight excluding hydrogens is 378 g/mol. The quantitative estimate of drug-likeness (QED) is 0.624. The molecule has 2 aliphatic heterocycles. The third-order valence-corrected chi connectivity index (χ3v) is 5.16. The molecule has 29 heavy (non-hydrogen) atoms. The molecule has 0 bridgehead atoms. The summed E-state index contributed by atoms with van der Waals surface area (Å²) in [5.41, 5.74) is 1.11. The van der Waals surface area contributed by atoms with Crippen LogP contribution < -0.4 is 10.2 Å². The smallest absolute Gasteiger partial charge is 0.326 e. The molecule has 10 nitrogen and oxygen atoms in total. The molecule has 3 amide bonds. The molecule has 0 radical (unpaired) electrons. The van der Waals surface area contributed by atoms with Crippen LogP contribution in [0.2, 0.25) is 0 Å². The summed E-state index contributed by atoms with van der Waals surface area (Å²) < 4.78 is 0. The molecule has 1 saturated heterocycles. The highest BCUT2D eigenvalue weighted by Crippen LogP contribution is 2.25. The largest absolute Gasteiger partial charge is 0.480 e. The van der Waals surface area contributed by atoms with Crippen molar-refractivity contribution < 1.29 is 24.6 Å². The van der Waals surface area contributed by atoms with Gasteiger partial charge in [-0.1, -0.05) is 13.0 Å². The van der Waals surface area contributed by atoms with E-state index in [9.17, 15) is 19.5 Å². The van der Waals surface area contributed by atoms with Crippen LogP contribution in [0.4, 0.5) is 16.4 Å². The number of urea groups is 1. The zero-order chi connectivity index (χ0) is 21.0. The van der Waals surface area contributed by atoms with Crippen LogP contribution in [-0.2, 0) is 16.0 Å². The Balaban J connectivity index is 1.83. The number of aromatic nitrogens is 1. The second-order valence-corrected chi connectivity index (χ2v) is 7.19. The van der Waals surface area contributed by atoms with Crippen LogP contribution >= 0.6 is 0 Å². The fourth-order valence-electron chi connectivity index (χ4n) is 3.72. The molecule has 0 saturated carbocycles. The molecule has 3 N–H and O–H groups in total. The first-order valence-corrected chi connectivity index (χ1v) is 9.89. The Labute approximate surface area is 169 Å². The predicted octanol–water partition coefficient (Wildman–Crippen LogP) is 0.366. The van der Waals surface area contributed by atoms with Gasteiger partial charge in [0.05, 0.1) is 6.61 Å². The van der Waals surface area contributed by atoms with Gasteiger partial charge in [-0.25, -0.2) is 9.78 Å². The van der Waals surface area contributed by atoms with Gasteiger partial charge in [-0.3, -0.25) is 14.5 Å². The summed E-state index contributed by atoms with van der Waals surface area (Å²) in [6.45, 7) is 2.41. The fraction of sp³-hybridized carbons (Fsp3) is 0.579. The van der Waals surface area contributed by atoms with Crippen molar-refractivity contribution >= 4 is 29.5 Å². The number of piperazine rings is 1. The molecule has 1 aromatic heterocycles. The maximum Gasteiger partial charge on any atom is 0.326 e. The van der Waals surface area contributed by atoms with Crippen LogP contribution in [-0.4, -0.2) is 88.3 Å². The highest BCUT2D eigenvalue weighted by Gasteiger charge is 2.39. The summed E-state index contributed by atoms with van der Waals surface area (Å²) >= 11 is 0. The number of carboxylic acid groups (broad SMARTS) is 1. The second kappa shape index (κ2) is 9.08. The van der Waals surface area contributed by atoms with Crippen LogP contribution in [0.1, 0.15) is 25.3 Å². The van der Waals surface area contributed by atoms with E-state index >= 15 is 0 Å². The molecule has 1 fully saturated rings. The fourth-order valence-corrected chi connectivity index (χ4v) is 3.72. The van der Waals surface area contributed by atoms with E-state index in [4.69, 9.17) is 5.11 Å². The van der Waals surface area contributed by atoms with E-state index in [1.54, 1.807) is 6.07 Å². The monoisotopic (exact) mass is 405 g/mol. The maximum atomic E-state index is 13.3. The standard InChI is InChI=1S/C19H27N5O5/c1-2-8-24(15-6-5-13-4-3-7-20-17(13)21-15)19(29)23-10-9-22(11-16(26)27)18(28)14(23)12-25/h5-6,14,25H,2-4,7-12H2,1H3,(H,20,21)(H,26,27)/t14-/m0/s1. The van der Waals surface area contributed by atoms with Crippen molar-refractivity contribution in [3.05, 3.63) is 17.7 Å². The zero-order valence-corrected chi connectivity index (χ0v) is 16.5. The number of pyridine rings is 1. The van der Waals surface area contributed by atoms with Gasteiger partial charge in [0.2, 0.25) is 5.91 Å². The molecule has 0 aliphatic carbocycles. The van der Waals surface area contributed by atoms with E-state index in [1.165, 1.54) is 9.80 Å². The molecule has 3 rings (SSSR count). The third kappa shape index (κ3) is 4.42. The van der Waals surface area contributed by atoms with Crippen LogP contribution in [0.15, 0.2) is 12.1 Å². The van der Waals surface area contributed by atoms with Gasteiger partial charge in [0.1, 0.15) is 24.2 Å². The number of nitrogens with zero attached hydrogens (tertiary/aromatic N) is 4. The molecule has 2 aliphatic rings. The number of amides is 3. The van der Waals surface area contributed by atoms with Gasteiger partial charge in [0, 0.05) is 26.2 Å². The van der Waals surface area contributed by atoms with Gasteiger partial charge in [-0.05, 0) is 30.9 Å². The Morgan fingerprint density at radius 2 is 2.14 bits per heavy atom. The summed E-state index contributed by atoms with van der Waals surface area (Å²) in [5.74, 6) is -0.440. The normalized spacial score (nSPS) is 18.8. The maximum absolute atomic E-state index is 13.3. The van der Waals surface area contributed by atoms with Crippen molar-refractivity contribution in [1.82, 2.24) is 14.8 Å². The van der Waals surface area contributed by atoms with Gasteiger partial charge in [0.15, 0.2) is 0 Å². The van der Waals surface area contributed by atoms with Crippen LogP contribution in [0.25, 0.3) is 0 Å². The topological polar surface area (TPSA) is 126 Å². The number of carboxylic acids is 1. The Morgan fingerprint density at radius 3 is 2.83 bits per heavy atom. The average Bonchev–Trinajstić information content (AvgIpc) is 2.72. The highest BCUT2D eigenvalue weighted by molar-refractivity contribution is 5.96. The van der Waals surface area contributed by atoms with Crippen LogP contribution in [0.5, 0.6) is 0 Å². The van der Waals surface area contributed by atoms with E-state index in [1.807, 2.05) is 13.0 Å². The Bertz CT molecular complexity index is 786. The lowest BCUT2D eigenvalue weighted by Crippen LogP contribution is -2.63. The van der Waals surface area contributed by atoms with Gasteiger partial charge in [-0.15, -0.1) is 0 Å². The third-order valence-electron chi connectivity index (χ3n) is 5.16. The lowest BCUT2D eigenvalue weighted by molar-refractivity contribution is -0.150. The van der Waals surface area contributed by atoms with Crippen molar-refractivity contribution in [2.24, 2.45) is 0 Å². The minimum absolute atomic E-state index is 0.104. The van der Waals surface area contributed by atoms with Crippen molar-refractivity contribution in [3.8, 4) is 0 Å². The van der Waals surface area contributed by atoms with E-state index in [-0.39, 0.29) is 13.1 Å². The molecule has 10 heteroatoms. The molecule has 0 spiro atoms. The van der Waals surface area contributed by atoms with Crippen molar-refractivity contribution in [2.45, 2.75) is 32.2 Å². The first-order valence-electron chi connectivity index (χ1n) is 9.89. The summed E-state index contributed by atoms with van der Waals surface area (Å²) in [5, 5.41) is 22.0. The first-order chi connectivity index (χ1) is 14.0. The van der Waals surface area contributed by atoms with E-state index in [0.717, 1.165) is 35.7 Å². The summed E-state index contributed by atoms with van der Waals surface area (Å²) in [6, 6.07) is 2.23. The molecule has 1 aromatic rings. The van der Waals surface area contributed by atoms with Gasteiger partial charge >= 0.3 is 12.0 Å². The van der Waals surface area contributed by atoms with Gasteiger partial charge < -0.3 is 25.3 Å². The van der Waals surface area contributed by atoms with Crippen molar-refractivity contribution in [1.29, 1.82) is 0 Å². The summed E-state index contributed by atoms with van der Waals surface area (Å²) in [4.78, 5) is 45.4. The molecule has 1 atom stereocenters. The van der Waals surface area contributed by atoms with Crippen molar-refractivity contribution in [2.75, 3.05) is 49.5 Å². The number of aliphatic carboxylic acids is 1. The number of carbonyl (C=O) groups excluding carboxylic acids is 2. The minimum atomic E-state index is -1.13. The number of hydrogen-bond acceptors (Lipinski definition) is 6. The van der Waals surface area contributed by atoms with E-state index in [0.29, 0.717) is 18.8 Å². The number of carbonyl (C=O) groups is 3. The van der Waals surface area contributed by atoms with Gasteiger partial charge in [0.25, 0.3) is 0 Å². The minimum Gasteiger partial charge on any atom is -0.480 e. The number of aliphatic hydroxyl groups is 1. The second-order valence-electron chi connectivity index (χ2n) is 7.19. The Hall–Kier alpha value is -2.88. The summed E-state index contributed by atoms with van der Waals surface area (Å²) in [6.07, 6.45) is 2.66. The van der Waals surface area contributed by atoms with Crippen LogP contribution in [0.3, 0.4) is 0 Å². The summed E-state index contributed by atoms with van der Waals surface area (Å²) in [7, 11) is 0. The number of anilines is 2. The zero-order valence-electron chi connectivity index (χ0n) is 16.5. The molecule has 158 valence electrons. The highest BCUT2D eigenvalue weighted by atomic mass is 16.4. The van der Waals surface area contributed by atoms with Crippen LogP contribution in [0, 0.1) is 0 Å². The number of nitrogens with one attached hydrogen (secondary N) is 1. The van der Waals surface area contributed by atoms with Gasteiger partial charge in [-0.2, -0.15) is 0 Å². The number of aliphatic hydroxyl groups excluding tert-OH is 1. The number of fused-ring (bicyclic) bond motifs is 1. The van der Waals surface area contributed by atoms with E-state index < -0.39 is 37.1 Å². The lowest BCUT2D eigenvalue weighted by atomic mass is 10.1. The molecule has 3 heterocycles. The lowest BCUT2D eigenvalue weighted by Gasteiger charge is -2.41. The molecular formula is C19H27N5O5. The average molecular weight is 405 g/mol. The molecule has 0 unspecified atom stereocenters. The Kier molecular flexibility index (Phi) is 6.53. The Morgan fingerprint density at radius 1 is 1.34 bits per heavy atom. The van der Waals surface area contributed by atoms with Crippen molar-refractivity contribution in [3.63, 3.8) is 0 Å². The number of aryl methyl sites for hydroxylation is 1. The SMILES string of the molecule is CCCN(C(=O)N1CCN(CC(=O)O)C(=O)[C@@H]1CO)c1ccc2c(n1)NCCC2. The predicted molar refractivity (Wildman–Crippen MR) is 106 cm³/mol. The number of rotatable bonds is 6. The number of hydrogen-bond donors (Lipinski definition) is 3. The first kappa shape index (κ1) is 20.8. The molecule has 0 aromatic carbocycles. The van der Waals surface area contributed by atoms with E-state index in [2.05, 4.69) is 10.3 Å².